The highest BCUT2D eigenvalue weighted by molar-refractivity contribution is 7.88. The van der Waals surface area contributed by atoms with Crippen LogP contribution in [0, 0.1) is 12.8 Å². The fraction of sp³-hybridized carbons (Fsp3) is 0.733. The van der Waals surface area contributed by atoms with Crippen LogP contribution in [0.5, 0.6) is 0 Å². The minimum Gasteiger partial charge on any atom is -0.465 e. The van der Waals surface area contributed by atoms with Crippen LogP contribution < -0.4 is 0 Å². The molecular formula is C15H24N2O4S. The van der Waals surface area contributed by atoms with Crippen molar-refractivity contribution in [1.82, 2.24) is 9.21 Å². The number of ether oxygens (including phenoxy) is 1. The average molecular weight is 328 g/mol. The van der Waals surface area contributed by atoms with Crippen LogP contribution in [0.2, 0.25) is 0 Å². The van der Waals surface area contributed by atoms with Crippen molar-refractivity contribution in [3.05, 3.63) is 23.7 Å². The Labute approximate surface area is 132 Å². The SMILES string of the molecule is Cc1ccc(CN2CC[C@@H]3CN(S(C)(=O)=O)CCO[C@@H]3C2)o1. The van der Waals surface area contributed by atoms with Crippen molar-refractivity contribution in [3.63, 3.8) is 0 Å². The van der Waals surface area contributed by atoms with E-state index < -0.39 is 10.0 Å². The summed E-state index contributed by atoms with van der Waals surface area (Å²) in [5, 5.41) is 0. The van der Waals surface area contributed by atoms with Crippen molar-refractivity contribution in [3.8, 4) is 0 Å². The fourth-order valence-electron chi connectivity index (χ4n) is 3.32. The zero-order chi connectivity index (χ0) is 15.7. The maximum absolute atomic E-state index is 11.8. The maximum Gasteiger partial charge on any atom is 0.211 e. The summed E-state index contributed by atoms with van der Waals surface area (Å²) in [5.41, 5.74) is 0. The van der Waals surface area contributed by atoms with Gasteiger partial charge < -0.3 is 9.15 Å². The molecule has 0 aromatic carbocycles. The first kappa shape index (κ1) is 16.0. The normalized spacial score (nSPS) is 28.3. The number of hydrogen-bond donors (Lipinski definition) is 0. The molecule has 22 heavy (non-hydrogen) atoms. The molecule has 2 aliphatic heterocycles. The topological polar surface area (TPSA) is 63.0 Å². The van der Waals surface area contributed by atoms with E-state index in [0.29, 0.717) is 19.7 Å². The molecule has 3 heterocycles. The number of sulfonamides is 1. The highest BCUT2D eigenvalue weighted by atomic mass is 32.2. The Balaban J connectivity index is 1.62. The third-order valence-corrected chi connectivity index (χ3v) is 5.80. The Morgan fingerprint density at radius 1 is 1.27 bits per heavy atom. The molecule has 0 radical (unpaired) electrons. The molecule has 0 amide bonds. The molecule has 124 valence electrons. The van der Waals surface area contributed by atoms with Crippen molar-refractivity contribution in [2.45, 2.75) is 26.0 Å². The van der Waals surface area contributed by atoms with Crippen molar-refractivity contribution >= 4 is 10.0 Å². The van der Waals surface area contributed by atoms with E-state index >= 15 is 0 Å². The van der Waals surface area contributed by atoms with Gasteiger partial charge in [-0.15, -0.1) is 0 Å². The lowest BCUT2D eigenvalue weighted by Crippen LogP contribution is -2.47. The second-order valence-corrected chi connectivity index (χ2v) is 8.31. The van der Waals surface area contributed by atoms with E-state index in [1.165, 1.54) is 6.26 Å². The van der Waals surface area contributed by atoms with E-state index in [2.05, 4.69) is 4.90 Å². The number of nitrogens with zero attached hydrogens (tertiary/aromatic N) is 2. The predicted octanol–water partition coefficient (Wildman–Crippen LogP) is 1.07. The van der Waals surface area contributed by atoms with Crippen molar-refractivity contribution in [2.75, 3.05) is 39.0 Å². The number of hydrogen-bond acceptors (Lipinski definition) is 5. The van der Waals surface area contributed by atoms with Gasteiger partial charge in [0.05, 0.1) is 25.5 Å². The lowest BCUT2D eigenvalue weighted by Gasteiger charge is -2.37. The van der Waals surface area contributed by atoms with Gasteiger partial charge in [-0.25, -0.2) is 8.42 Å². The molecule has 1 aromatic heterocycles. The van der Waals surface area contributed by atoms with Crippen LogP contribution in [0.4, 0.5) is 0 Å². The van der Waals surface area contributed by atoms with Crippen LogP contribution >= 0.6 is 0 Å². The van der Waals surface area contributed by atoms with E-state index in [-0.39, 0.29) is 12.0 Å². The van der Waals surface area contributed by atoms with Gasteiger partial charge in [-0.3, -0.25) is 4.90 Å². The molecule has 6 nitrogen and oxygen atoms in total. The van der Waals surface area contributed by atoms with E-state index in [1.807, 2.05) is 19.1 Å². The summed E-state index contributed by atoms with van der Waals surface area (Å²) in [6, 6.07) is 4.00. The van der Waals surface area contributed by atoms with Crippen molar-refractivity contribution in [2.24, 2.45) is 5.92 Å². The highest BCUT2D eigenvalue weighted by Crippen LogP contribution is 2.26. The van der Waals surface area contributed by atoms with Crippen LogP contribution in [-0.2, 0) is 21.3 Å². The number of likely N-dealkylation sites (tertiary alicyclic amines) is 1. The molecule has 0 spiro atoms. The lowest BCUT2D eigenvalue weighted by molar-refractivity contribution is -0.0255. The molecule has 2 fully saturated rings. The molecule has 1 aromatic rings. The standard InChI is InChI=1S/C15H24N2O4S/c1-12-3-4-14(21-12)10-16-6-5-13-9-17(22(2,18)19)7-8-20-15(13)11-16/h3-4,13,15H,5-11H2,1-2H3/t13-,15-/m1/s1. The van der Waals surface area contributed by atoms with Gasteiger partial charge in [-0.05, 0) is 32.0 Å². The fourth-order valence-corrected chi connectivity index (χ4v) is 4.19. The second kappa shape index (κ2) is 6.31. The van der Waals surface area contributed by atoms with Crippen LogP contribution in [0.25, 0.3) is 0 Å². The summed E-state index contributed by atoms with van der Waals surface area (Å²) in [4.78, 5) is 2.33. The first-order chi connectivity index (χ1) is 10.4. The number of furan rings is 1. The third-order valence-electron chi connectivity index (χ3n) is 4.54. The number of rotatable bonds is 3. The van der Waals surface area contributed by atoms with Gasteiger partial charge >= 0.3 is 0 Å². The second-order valence-electron chi connectivity index (χ2n) is 6.33. The predicted molar refractivity (Wildman–Crippen MR) is 83.0 cm³/mol. The Bertz CT molecular complexity index is 613. The summed E-state index contributed by atoms with van der Waals surface area (Å²) < 4.78 is 36.7. The Morgan fingerprint density at radius 3 is 2.77 bits per heavy atom. The van der Waals surface area contributed by atoms with E-state index in [1.54, 1.807) is 4.31 Å². The van der Waals surface area contributed by atoms with Gasteiger partial charge in [-0.2, -0.15) is 4.31 Å². The average Bonchev–Trinajstić information content (AvgIpc) is 2.72. The first-order valence-electron chi connectivity index (χ1n) is 7.76. The van der Waals surface area contributed by atoms with Crippen LogP contribution in [0.3, 0.4) is 0 Å². The van der Waals surface area contributed by atoms with Crippen molar-refractivity contribution in [1.29, 1.82) is 0 Å². The van der Waals surface area contributed by atoms with E-state index in [4.69, 9.17) is 9.15 Å². The molecule has 0 N–H and O–H groups in total. The molecule has 2 atom stereocenters. The van der Waals surface area contributed by atoms with Gasteiger partial charge in [0.15, 0.2) is 0 Å². The van der Waals surface area contributed by atoms with Crippen LogP contribution in [0.15, 0.2) is 16.5 Å². The molecular weight excluding hydrogens is 304 g/mol. The molecule has 2 saturated heterocycles. The largest absolute Gasteiger partial charge is 0.465 e. The quantitative estimate of drug-likeness (QED) is 0.830. The first-order valence-corrected chi connectivity index (χ1v) is 9.61. The summed E-state index contributed by atoms with van der Waals surface area (Å²) in [5.74, 6) is 2.19. The molecule has 0 unspecified atom stereocenters. The van der Waals surface area contributed by atoms with Gasteiger partial charge in [0, 0.05) is 25.6 Å². The highest BCUT2D eigenvalue weighted by Gasteiger charge is 2.35. The molecule has 0 saturated carbocycles. The molecule has 2 aliphatic rings. The van der Waals surface area contributed by atoms with Crippen LogP contribution in [-0.4, -0.2) is 62.8 Å². The summed E-state index contributed by atoms with van der Waals surface area (Å²) in [7, 11) is -3.13. The molecule has 7 heteroatoms. The van der Waals surface area contributed by atoms with Gasteiger partial charge in [0.1, 0.15) is 11.5 Å². The monoisotopic (exact) mass is 328 g/mol. The Hall–Kier alpha value is -0.890. The minimum atomic E-state index is -3.13. The van der Waals surface area contributed by atoms with E-state index in [0.717, 1.165) is 37.6 Å². The van der Waals surface area contributed by atoms with Crippen LogP contribution in [0.1, 0.15) is 17.9 Å². The summed E-state index contributed by atoms with van der Waals surface area (Å²) in [6.07, 6.45) is 2.34. The van der Waals surface area contributed by atoms with Gasteiger partial charge in [-0.1, -0.05) is 0 Å². The number of piperidine rings is 1. The van der Waals surface area contributed by atoms with E-state index in [9.17, 15) is 8.42 Å². The smallest absolute Gasteiger partial charge is 0.211 e. The third kappa shape index (κ3) is 3.71. The van der Waals surface area contributed by atoms with Crippen molar-refractivity contribution < 1.29 is 17.6 Å². The molecule has 0 aliphatic carbocycles. The summed E-state index contributed by atoms with van der Waals surface area (Å²) in [6.45, 7) is 6.03. The Kier molecular flexibility index (Phi) is 4.59. The number of aryl methyl sites for hydroxylation is 1. The minimum absolute atomic E-state index is 0.108. The van der Waals surface area contributed by atoms with Gasteiger partial charge in [0.2, 0.25) is 10.0 Å². The van der Waals surface area contributed by atoms with Gasteiger partial charge in [0.25, 0.3) is 0 Å². The zero-order valence-electron chi connectivity index (χ0n) is 13.2. The number of fused-ring (bicyclic) bond motifs is 1. The zero-order valence-corrected chi connectivity index (χ0v) is 14.0. The summed E-state index contributed by atoms with van der Waals surface area (Å²) >= 11 is 0. The molecule has 0 bridgehead atoms. The lowest BCUT2D eigenvalue weighted by atomic mass is 9.93. The molecule has 3 rings (SSSR count). The maximum atomic E-state index is 11.8. The Morgan fingerprint density at radius 2 is 2.09 bits per heavy atom.